The maximum atomic E-state index is 12.2. The Kier molecular flexibility index (Phi) is 6.68. The Morgan fingerprint density at radius 2 is 1.95 bits per heavy atom. The van der Waals surface area contributed by atoms with Crippen LogP contribution in [0.2, 0.25) is 0 Å². The van der Waals surface area contributed by atoms with Gasteiger partial charge in [0.05, 0.1) is 11.5 Å². The highest BCUT2D eigenvalue weighted by atomic mass is 32.1. The van der Waals surface area contributed by atoms with Crippen LogP contribution in [0.3, 0.4) is 0 Å². The third kappa shape index (κ3) is 5.42. The van der Waals surface area contributed by atoms with Gasteiger partial charge in [0.1, 0.15) is 0 Å². The summed E-state index contributed by atoms with van der Waals surface area (Å²) in [5, 5.41) is 0. The highest BCUT2D eigenvalue weighted by molar-refractivity contribution is 7.80. The Morgan fingerprint density at radius 1 is 1.37 bits per heavy atom. The average molecular weight is 286 g/mol. The molecule has 1 fully saturated rings. The maximum Gasteiger partial charge on any atom is 0.236 e. The lowest BCUT2D eigenvalue weighted by atomic mass is 10.1. The summed E-state index contributed by atoms with van der Waals surface area (Å²) >= 11 is 4.99. The quantitative estimate of drug-likeness (QED) is 0.697. The second-order valence-electron chi connectivity index (χ2n) is 5.32. The van der Waals surface area contributed by atoms with Crippen LogP contribution in [0.1, 0.15) is 13.8 Å². The molecule has 1 atom stereocenters. The number of carbonyl (C=O) groups is 1. The molecule has 1 aliphatic heterocycles. The summed E-state index contributed by atoms with van der Waals surface area (Å²) in [7, 11) is 2.09. The second kappa shape index (κ2) is 7.77. The summed E-state index contributed by atoms with van der Waals surface area (Å²) in [6.45, 7) is 9.71. The van der Waals surface area contributed by atoms with Gasteiger partial charge >= 0.3 is 0 Å². The third-order valence-corrected chi connectivity index (χ3v) is 4.08. The Hall–Kier alpha value is -0.720. The van der Waals surface area contributed by atoms with Crippen LogP contribution in [0.15, 0.2) is 0 Å². The minimum atomic E-state index is 0.148. The molecular weight excluding hydrogens is 260 g/mol. The van der Waals surface area contributed by atoms with E-state index < -0.39 is 0 Å². The first-order valence-corrected chi connectivity index (χ1v) is 7.32. The van der Waals surface area contributed by atoms with Gasteiger partial charge in [-0.25, -0.2) is 0 Å². The summed E-state index contributed by atoms with van der Waals surface area (Å²) < 4.78 is 0. The van der Waals surface area contributed by atoms with Gasteiger partial charge < -0.3 is 15.5 Å². The van der Waals surface area contributed by atoms with Crippen molar-refractivity contribution in [3.05, 3.63) is 0 Å². The van der Waals surface area contributed by atoms with E-state index in [0.717, 1.165) is 39.3 Å². The molecule has 1 unspecified atom stereocenters. The molecule has 0 saturated carbocycles. The highest BCUT2D eigenvalue weighted by Crippen LogP contribution is 2.04. The number of rotatable bonds is 6. The van der Waals surface area contributed by atoms with E-state index in [1.165, 1.54) is 0 Å². The first kappa shape index (κ1) is 16.3. The highest BCUT2D eigenvalue weighted by Gasteiger charge is 2.21. The number of nitrogens with two attached hydrogens (primary N) is 1. The zero-order chi connectivity index (χ0) is 14.4. The molecule has 0 spiro atoms. The molecule has 0 aromatic carbocycles. The fraction of sp³-hybridized carbons (Fsp3) is 0.846. The largest absolute Gasteiger partial charge is 0.393 e. The molecule has 19 heavy (non-hydrogen) atoms. The van der Waals surface area contributed by atoms with Gasteiger partial charge in [0.25, 0.3) is 0 Å². The minimum absolute atomic E-state index is 0.148. The van der Waals surface area contributed by atoms with Gasteiger partial charge in [-0.3, -0.25) is 9.69 Å². The van der Waals surface area contributed by atoms with Gasteiger partial charge in [-0.1, -0.05) is 26.1 Å². The zero-order valence-electron chi connectivity index (χ0n) is 12.3. The first-order chi connectivity index (χ1) is 8.93. The summed E-state index contributed by atoms with van der Waals surface area (Å²) in [6.07, 6.45) is 0. The summed E-state index contributed by atoms with van der Waals surface area (Å²) in [5.41, 5.74) is 5.63. The fourth-order valence-electron chi connectivity index (χ4n) is 2.13. The topological polar surface area (TPSA) is 52.8 Å². The summed E-state index contributed by atoms with van der Waals surface area (Å²) in [6, 6.07) is 0. The Balaban J connectivity index is 2.42. The van der Waals surface area contributed by atoms with Crippen molar-refractivity contribution in [1.29, 1.82) is 0 Å². The van der Waals surface area contributed by atoms with Gasteiger partial charge in [0.2, 0.25) is 5.91 Å². The Bertz CT molecular complexity index is 316. The maximum absolute atomic E-state index is 12.2. The second-order valence-corrected chi connectivity index (χ2v) is 5.79. The van der Waals surface area contributed by atoms with E-state index in [9.17, 15) is 4.79 Å². The van der Waals surface area contributed by atoms with Crippen molar-refractivity contribution >= 4 is 23.1 Å². The smallest absolute Gasteiger partial charge is 0.236 e. The lowest BCUT2D eigenvalue weighted by Crippen LogP contribution is -2.50. The number of thiocarbonyl (C=S) groups is 1. The van der Waals surface area contributed by atoms with Crippen molar-refractivity contribution in [2.45, 2.75) is 13.8 Å². The van der Waals surface area contributed by atoms with E-state index in [0.29, 0.717) is 11.5 Å². The molecule has 110 valence electrons. The molecule has 6 heteroatoms. The number of hydrogen-bond donors (Lipinski definition) is 1. The molecule has 0 aliphatic carbocycles. The Labute approximate surface area is 121 Å². The lowest BCUT2D eigenvalue weighted by molar-refractivity contribution is -0.134. The van der Waals surface area contributed by atoms with Crippen LogP contribution in [0.4, 0.5) is 0 Å². The predicted molar refractivity (Wildman–Crippen MR) is 82.1 cm³/mol. The van der Waals surface area contributed by atoms with E-state index in [1.807, 2.05) is 11.8 Å². The molecule has 0 aromatic rings. The number of carbonyl (C=O) groups excluding carboxylic acids is 1. The molecule has 0 aromatic heterocycles. The molecule has 2 N–H and O–H groups in total. The molecule has 0 bridgehead atoms. The first-order valence-electron chi connectivity index (χ1n) is 6.92. The van der Waals surface area contributed by atoms with Crippen molar-refractivity contribution < 1.29 is 4.79 Å². The predicted octanol–water partition coefficient (Wildman–Crippen LogP) is 0.00450. The number of nitrogens with zero attached hydrogens (tertiary/aromatic N) is 3. The van der Waals surface area contributed by atoms with Crippen LogP contribution in [0, 0.1) is 5.92 Å². The van der Waals surface area contributed by atoms with Crippen LogP contribution in [-0.2, 0) is 4.79 Å². The van der Waals surface area contributed by atoms with Gasteiger partial charge in [0, 0.05) is 38.6 Å². The van der Waals surface area contributed by atoms with Crippen molar-refractivity contribution in [3.63, 3.8) is 0 Å². The molecule has 1 aliphatic rings. The molecule has 1 amide bonds. The van der Waals surface area contributed by atoms with Crippen molar-refractivity contribution in [2.24, 2.45) is 11.7 Å². The van der Waals surface area contributed by atoms with Crippen molar-refractivity contribution in [2.75, 3.05) is 52.9 Å². The van der Waals surface area contributed by atoms with Crippen LogP contribution < -0.4 is 5.73 Å². The lowest BCUT2D eigenvalue weighted by Gasteiger charge is -2.34. The number of piperazine rings is 1. The molecule has 0 radical (unpaired) electrons. The van der Waals surface area contributed by atoms with E-state index in [2.05, 4.69) is 23.8 Å². The van der Waals surface area contributed by atoms with Crippen LogP contribution in [0.5, 0.6) is 0 Å². The zero-order valence-corrected chi connectivity index (χ0v) is 13.1. The molecular formula is C13H26N4OS. The van der Waals surface area contributed by atoms with Crippen LogP contribution >= 0.6 is 12.2 Å². The normalized spacial score (nSPS) is 18.6. The van der Waals surface area contributed by atoms with E-state index in [4.69, 9.17) is 18.0 Å². The van der Waals surface area contributed by atoms with Gasteiger partial charge in [-0.2, -0.15) is 0 Å². The van der Waals surface area contributed by atoms with Gasteiger partial charge in [0.15, 0.2) is 0 Å². The molecule has 1 rings (SSSR count). The molecule has 1 saturated heterocycles. The van der Waals surface area contributed by atoms with Gasteiger partial charge in [-0.05, 0) is 13.6 Å². The van der Waals surface area contributed by atoms with Crippen molar-refractivity contribution in [1.82, 2.24) is 14.7 Å². The summed E-state index contributed by atoms with van der Waals surface area (Å²) in [4.78, 5) is 19.1. The van der Waals surface area contributed by atoms with Crippen molar-refractivity contribution in [3.8, 4) is 0 Å². The summed E-state index contributed by atoms with van der Waals surface area (Å²) in [5.74, 6) is 0.361. The molecule has 1 heterocycles. The number of amides is 1. The number of hydrogen-bond acceptors (Lipinski definition) is 4. The fourth-order valence-corrected chi connectivity index (χ4v) is 2.20. The average Bonchev–Trinajstić information content (AvgIpc) is 2.38. The van der Waals surface area contributed by atoms with Gasteiger partial charge in [-0.15, -0.1) is 0 Å². The minimum Gasteiger partial charge on any atom is -0.393 e. The standard InChI is InChI=1S/C13H26N4OS/c1-4-16(9-11(2)13(14)19)10-12(18)17-7-5-15(3)6-8-17/h11H,4-10H2,1-3H3,(H2,14,19). The van der Waals surface area contributed by atoms with E-state index in [-0.39, 0.29) is 11.8 Å². The number of likely N-dealkylation sites (N-methyl/N-ethyl adjacent to an activating group) is 2. The monoisotopic (exact) mass is 286 g/mol. The van der Waals surface area contributed by atoms with E-state index in [1.54, 1.807) is 0 Å². The van der Waals surface area contributed by atoms with Crippen LogP contribution in [0.25, 0.3) is 0 Å². The third-order valence-electron chi connectivity index (χ3n) is 3.68. The van der Waals surface area contributed by atoms with E-state index >= 15 is 0 Å². The molecule has 5 nitrogen and oxygen atoms in total. The SMILES string of the molecule is CCN(CC(=O)N1CCN(C)CC1)CC(C)C(N)=S. The van der Waals surface area contributed by atoms with Crippen LogP contribution in [-0.4, -0.2) is 78.5 Å². The Morgan fingerprint density at radius 3 is 2.42 bits per heavy atom.